The zero-order valence-electron chi connectivity index (χ0n) is 14.3. The van der Waals surface area contributed by atoms with Crippen LogP contribution in [0.2, 0.25) is 10.0 Å². The van der Waals surface area contributed by atoms with Crippen molar-refractivity contribution < 1.29 is 9.21 Å². The lowest BCUT2D eigenvalue weighted by Crippen LogP contribution is -2.12. The van der Waals surface area contributed by atoms with Crippen LogP contribution in [-0.4, -0.2) is 10.9 Å². The van der Waals surface area contributed by atoms with Gasteiger partial charge in [-0.05, 0) is 48.5 Å². The van der Waals surface area contributed by atoms with Crippen LogP contribution < -0.4 is 10.9 Å². The van der Waals surface area contributed by atoms with E-state index in [1.807, 2.05) is 0 Å². The van der Waals surface area contributed by atoms with Crippen LogP contribution in [0, 0.1) is 0 Å². The summed E-state index contributed by atoms with van der Waals surface area (Å²) in [5, 5.41) is 3.88. The summed E-state index contributed by atoms with van der Waals surface area (Å²) in [6.45, 7) is 0. The Bertz CT molecular complexity index is 1270. The summed E-state index contributed by atoms with van der Waals surface area (Å²) >= 11 is 12.0. The van der Waals surface area contributed by atoms with Crippen molar-refractivity contribution in [1.29, 1.82) is 0 Å². The van der Waals surface area contributed by atoms with Gasteiger partial charge in [0.15, 0.2) is 0 Å². The molecule has 1 heterocycles. The highest BCUT2D eigenvalue weighted by Crippen LogP contribution is 2.24. The van der Waals surface area contributed by atoms with Crippen molar-refractivity contribution in [2.24, 2.45) is 0 Å². The first-order valence-electron chi connectivity index (χ1n) is 8.28. The maximum absolute atomic E-state index is 12.5. The zero-order valence-corrected chi connectivity index (χ0v) is 15.8. The maximum atomic E-state index is 12.5. The third-order valence-corrected chi connectivity index (χ3v) is 4.63. The summed E-state index contributed by atoms with van der Waals surface area (Å²) in [6.07, 6.45) is 0. The van der Waals surface area contributed by atoms with Gasteiger partial charge in [-0.3, -0.25) is 4.79 Å². The van der Waals surface area contributed by atoms with E-state index in [-0.39, 0.29) is 16.8 Å². The molecule has 138 valence electrons. The quantitative estimate of drug-likeness (QED) is 0.489. The van der Waals surface area contributed by atoms with Crippen LogP contribution in [0.4, 0.5) is 5.69 Å². The molecule has 3 aromatic carbocycles. The van der Waals surface area contributed by atoms with Gasteiger partial charge in [0.05, 0.1) is 21.5 Å². The van der Waals surface area contributed by atoms with E-state index in [1.165, 1.54) is 6.07 Å². The molecule has 0 aliphatic carbocycles. The standard InChI is InChI=1S/C21H12Cl2N2O3/c22-13-8-9-15(17(23)11-13)19(26)24-14-5-3-4-12(10-14)20-25-18-7-2-1-6-16(18)21(27)28-20/h1-11H,(H,24,26). The second kappa shape index (κ2) is 7.46. The second-order valence-corrected chi connectivity index (χ2v) is 6.83. The number of fused-ring (bicyclic) bond motifs is 1. The van der Waals surface area contributed by atoms with E-state index in [2.05, 4.69) is 10.3 Å². The number of nitrogens with one attached hydrogen (secondary N) is 1. The van der Waals surface area contributed by atoms with Crippen molar-refractivity contribution in [3.05, 3.63) is 92.8 Å². The summed E-state index contributed by atoms with van der Waals surface area (Å²) in [5.74, 6) is -0.212. The number of hydrogen-bond acceptors (Lipinski definition) is 4. The molecule has 0 spiro atoms. The fraction of sp³-hybridized carbons (Fsp3) is 0. The van der Waals surface area contributed by atoms with Crippen LogP contribution >= 0.6 is 23.2 Å². The number of amides is 1. The minimum absolute atomic E-state index is 0.171. The van der Waals surface area contributed by atoms with E-state index in [9.17, 15) is 9.59 Å². The van der Waals surface area contributed by atoms with E-state index < -0.39 is 5.63 Å². The zero-order chi connectivity index (χ0) is 19.7. The SMILES string of the molecule is O=C(Nc1cccc(-c2nc3ccccc3c(=O)o2)c1)c1ccc(Cl)cc1Cl. The van der Waals surface area contributed by atoms with Crippen LogP contribution in [0.5, 0.6) is 0 Å². The Hall–Kier alpha value is -3.15. The Morgan fingerprint density at radius 2 is 1.79 bits per heavy atom. The molecular formula is C21H12Cl2N2O3. The Kier molecular flexibility index (Phi) is 4.86. The predicted octanol–water partition coefficient (Wildman–Crippen LogP) is 5.41. The highest BCUT2D eigenvalue weighted by molar-refractivity contribution is 6.37. The molecule has 1 amide bonds. The molecular weight excluding hydrogens is 399 g/mol. The summed E-state index contributed by atoms with van der Waals surface area (Å²) in [7, 11) is 0. The van der Waals surface area contributed by atoms with Gasteiger partial charge in [0, 0.05) is 16.3 Å². The third-order valence-electron chi connectivity index (χ3n) is 4.08. The summed E-state index contributed by atoms with van der Waals surface area (Å²) in [6, 6.07) is 18.4. The summed E-state index contributed by atoms with van der Waals surface area (Å²) in [4.78, 5) is 29.1. The molecule has 5 nitrogen and oxygen atoms in total. The summed E-state index contributed by atoms with van der Waals surface area (Å²) < 4.78 is 5.34. The second-order valence-electron chi connectivity index (χ2n) is 5.98. The Labute approximate surface area is 169 Å². The molecule has 0 saturated carbocycles. The number of para-hydroxylation sites is 1. The van der Waals surface area contributed by atoms with Gasteiger partial charge in [-0.25, -0.2) is 9.78 Å². The molecule has 7 heteroatoms. The minimum atomic E-state index is -0.469. The van der Waals surface area contributed by atoms with Gasteiger partial charge in [0.2, 0.25) is 5.89 Å². The molecule has 4 aromatic rings. The number of carbonyl (C=O) groups is 1. The average Bonchev–Trinajstić information content (AvgIpc) is 2.68. The number of benzene rings is 3. The lowest BCUT2D eigenvalue weighted by molar-refractivity contribution is 0.102. The third kappa shape index (κ3) is 3.63. The van der Waals surface area contributed by atoms with Gasteiger partial charge in [-0.15, -0.1) is 0 Å². The highest BCUT2D eigenvalue weighted by atomic mass is 35.5. The van der Waals surface area contributed by atoms with E-state index in [0.29, 0.717) is 32.7 Å². The first-order valence-corrected chi connectivity index (χ1v) is 9.03. The lowest BCUT2D eigenvalue weighted by Gasteiger charge is -2.08. The average molecular weight is 411 g/mol. The molecule has 0 aliphatic rings. The van der Waals surface area contributed by atoms with Crippen molar-refractivity contribution in [3.8, 4) is 11.5 Å². The van der Waals surface area contributed by atoms with Gasteiger partial charge in [-0.1, -0.05) is 41.4 Å². The number of halogens is 2. The number of carbonyl (C=O) groups excluding carboxylic acids is 1. The number of hydrogen-bond donors (Lipinski definition) is 1. The number of aromatic nitrogens is 1. The minimum Gasteiger partial charge on any atom is -0.403 e. The van der Waals surface area contributed by atoms with E-state index in [4.69, 9.17) is 27.6 Å². The fourth-order valence-electron chi connectivity index (χ4n) is 2.74. The molecule has 1 N–H and O–H groups in total. The van der Waals surface area contributed by atoms with Crippen LogP contribution in [0.3, 0.4) is 0 Å². The molecule has 0 atom stereocenters. The van der Waals surface area contributed by atoms with Gasteiger partial charge in [0.25, 0.3) is 5.91 Å². The topological polar surface area (TPSA) is 72.2 Å². The summed E-state index contributed by atoms with van der Waals surface area (Å²) in [5.41, 5.74) is 1.43. The molecule has 0 radical (unpaired) electrons. The van der Waals surface area contributed by atoms with Crippen molar-refractivity contribution in [2.45, 2.75) is 0 Å². The molecule has 0 aliphatic heterocycles. The van der Waals surface area contributed by atoms with E-state index >= 15 is 0 Å². The monoisotopic (exact) mass is 410 g/mol. The Balaban J connectivity index is 1.67. The molecule has 0 unspecified atom stereocenters. The van der Waals surface area contributed by atoms with Crippen molar-refractivity contribution in [2.75, 3.05) is 5.32 Å². The van der Waals surface area contributed by atoms with Crippen LogP contribution in [0.15, 0.2) is 75.9 Å². The normalized spacial score (nSPS) is 10.8. The number of rotatable bonds is 3. The largest absolute Gasteiger partial charge is 0.403 e. The first kappa shape index (κ1) is 18.2. The van der Waals surface area contributed by atoms with E-state index in [1.54, 1.807) is 60.7 Å². The molecule has 28 heavy (non-hydrogen) atoms. The van der Waals surface area contributed by atoms with Crippen molar-refractivity contribution >= 4 is 45.7 Å². The number of anilines is 1. The smallest absolute Gasteiger partial charge is 0.347 e. The highest BCUT2D eigenvalue weighted by Gasteiger charge is 2.13. The molecule has 0 fully saturated rings. The van der Waals surface area contributed by atoms with E-state index in [0.717, 1.165) is 0 Å². The van der Waals surface area contributed by atoms with Gasteiger partial charge < -0.3 is 9.73 Å². The molecule has 4 rings (SSSR count). The Morgan fingerprint density at radius 3 is 2.61 bits per heavy atom. The molecule has 1 aromatic heterocycles. The Morgan fingerprint density at radius 1 is 0.964 bits per heavy atom. The number of nitrogens with zero attached hydrogens (tertiary/aromatic N) is 1. The maximum Gasteiger partial charge on any atom is 0.347 e. The van der Waals surface area contributed by atoms with Crippen LogP contribution in [0.1, 0.15) is 10.4 Å². The van der Waals surface area contributed by atoms with Gasteiger partial charge in [-0.2, -0.15) is 0 Å². The van der Waals surface area contributed by atoms with Crippen LogP contribution in [-0.2, 0) is 0 Å². The molecule has 0 saturated heterocycles. The predicted molar refractivity (Wildman–Crippen MR) is 110 cm³/mol. The van der Waals surface area contributed by atoms with Crippen molar-refractivity contribution in [1.82, 2.24) is 4.98 Å². The fourth-order valence-corrected chi connectivity index (χ4v) is 3.24. The van der Waals surface area contributed by atoms with Crippen molar-refractivity contribution in [3.63, 3.8) is 0 Å². The molecule has 0 bridgehead atoms. The van der Waals surface area contributed by atoms with Gasteiger partial charge in [0.1, 0.15) is 0 Å². The van der Waals surface area contributed by atoms with Crippen LogP contribution in [0.25, 0.3) is 22.4 Å². The lowest BCUT2D eigenvalue weighted by atomic mass is 10.1. The van der Waals surface area contributed by atoms with Gasteiger partial charge >= 0.3 is 5.63 Å². The first-order chi connectivity index (χ1) is 13.5.